The average molecular weight is 211 g/mol. The second-order valence-corrected chi connectivity index (χ2v) is 4.18. The van der Waals surface area contributed by atoms with Crippen LogP contribution >= 0.6 is 11.6 Å². The van der Waals surface area contributed by atoms with Gasteiger partial charge in [-0.3, -0.25) is 0 Å². The van der Waals surface area contributed by atoms with Crippen molar-refractivity contribution in [3.8, 4) is 11.9 Å². The van der Waals surface area contributed by atoms with E-state index >= 15 is 0 Å². The number of aromatic nitrogens is 1. The quantitative estimate of drug-likeness (QED) is 0.716. The Labute approximate surface area is 88.3 Å². The Morgan fingerprint density at radius 1 is 1.50 bits per heavy atom. The average Bonchev–Trinajstić information content (AvgIpc) is 2.06. The first-order valence-corrected chi connectivity index (χ1v) is 4.55. The third-order valence-electron chi connectivity index (χ3n) is 1.38. The molecule has 0 aliphatic rings. The van der Waals surface area contributed by atoms with Gasteiger partial charge < -0.3 is 4.74 Å². The van der Waals surface area contributed by atoms with E-state index in [2.05, 4.69) is 4.98 Å². The zero-order valence-corrected chi connectivity index (χ0v) is 9.09. The molecule has 1 heterocycles. The number of hydrogen-bond donors (Lipinski definition) is 0. The summed E-state index contributed by atoms with van der Waals surface area (Å²) in [5, 5.41) is 8.99. The molecule has 0 spiro atoms. The fourth-order valence-electron chi connectivity index (χ4n) is 0.872. The van der Waals surface area contributed by atoms with Crippen molar-refractivity contribution in [3.63, 3.8) is 0 Å². The normalized spacial score (nSPS) is 10.8. The van der Waals surface area contributed by atoms with Crippen LogP contribution in [-0.4, -0.2) is 10.6 Å². The molecule has 0 bridgehead atoms. The lowest BCUT2D eigenvalue weighted by atomic mass is 10.2. The predicted molar refractivity (Wildman–Crippen MR) is 54.3 cm³/mol. The van der Waals surface area contributed by atoms with E-state index in [1.165, 1.54) is 6.20 Å². The molecular formula is C10H11ClN2O. The number of nitriles is 1. The molecule has 0 amide bonds. The Kier molecular flexibility index (Phi) is 2.97. The molecule has 1 aromatic heterocycles. The molecule has 0 atom stereocenters. The molecule has 0 aliphatic carbocycles. The summed E-state index contributed by atoms with van der Waals surface area (Å²) < 4.78 is 5.48. The highest BCUT2D eigenvalue weighted by Gasteiger charge is 2.16. The van der Waals surface area contributed by atoms with Crippen LogP contribution in [0.25, 0.3) is 0 Å². The van der Waals surface area contributed by atoms with Gasteiger partial charge in [-0.2, -0.15) is 5.26 Å². The zero-order chi connectivity index (χ0) is 10.8. The monoisotopic (exact) mass is 210 g/mol. The maximum absolute atomic E-state index is 8.72. The highest BCUT2D eigenvalue weighted by molar-refractivity contribution is 6.32. The van der Waals surface area contributed by atoms with Crippen molar-refractivity contribution in [3.05, 3.63) is 22.8 Å². The van der Waals surface area contributed by atoms with Crippen LogP contribution in [0.5, 0.6) is 5.88 Å². The second kappa shape index (κ2) is 3.85. The molecule has 0 unspecified atom stereocenters. The minimum absolute atomic E-state index is 0.268. The van der Waals surface area contributed by atoms with Crippen LogP contribution in [0.1, 0.15) is 26.3 Å². The summed E-state index contributed by atoms with van der Waals surface area (Å²) in [5.74, 6) is 0.304. The largest absolute Gasteiger partial charge is 0.471 e. The highest BCUT2D eigenvalue weighted by atomic mass is 35.5. The number of halogens is 1. The first-order chi connectivity index (χ1) is 6.44. The molecule has 0 radical (unpaired) electrons. The van der Waals surface area contributed by atoms with Gasteiger partial charge in [0.1, 0.15) is 16.7 Å². The Hall–Kier alpha value is -1.27. The lowest BCUT2D eigenvalue weighted by Crippen LogP contribution is -2.23. The van der Waals surface area contributed by atoms with Gasteiger partial charge in [-0.25, -0.2) is 4.98 Å². The number of rotatable bonds is 1. The van der Waals surface area contributed by atoms with Gasteiger partial charge in [-0.05, 0) is 26.8 Å². The number of hydrogen-bond acceptors (Lipinski definition) is 3. The Balaban J connectivity index is 3.06. The molecule has 0 aromatic carbocycles. The minimum atomic E-state index is -0.370. The molecule has 0 saturated carbocycles. The van der Waals surface area contributed by atoms with Crippen LogP contribution in [0.15, 0.2) is 12.3 Å². The molecule has 14 heavy (non-hydrogen) atoms. The minimum Gasteiger partial charge on any atom is -0.471 e. The lowest BCUT2D eigenvalue weighted by molar-refractivity contribution is 0.124. The third kappa shape index (κ3) is 2.61. The summed E-state index contributed by atoms with van der Waals surface area (Å²) in [5.41, 5.74) is 0.00553. The van der Waals surface area contributed by atoms with Gasteiger partial charge in [-0.1, -0.05) is 11.6 Å². The van der Waals surface area contributed by atoms with Crippen molar-refractivity contribution in [1.82, 2.24) is 4.98 Å². The van der Waals surface area contributed by atoms with E-state index in [0.717, 1.165) is 0 Å². The topological polar surface area (TPSA) is 45.9 Å². The van der Waals surface area contributed by atoms with Gasteiger partial charge in [0.25, 0.3) is 0 Å². The van der Waals surface area contributed by atoms with E-state index in [-0.39, 0.29) is 10.6 Å². The van der Waals surface area contributed by atoms with E-state index in [1.54, 1.807) is 6.07 Å². The van der Waals surface area contributed by atoms with Crippen molar-refractivity contribution in [2.75, 3.05) is 0 Å². The SMILES string of the molecule is CC(C)(C)Oc1nccc(C#N)c1Cl. The van der Waals surface area contributed by atoms with Gasteiger partial charge in [0.15, 0.2) is 0 Å². The first-order valence-electron chi connectivity index (χ1n) is 4.17. The fourth-order valence-corrected chi connectivity index (χ4v) is 1.06. The van der Waals surface area contributed by atoms with E-state index in [9.17, 15) is 0 Å². The standard InChI is InChI=1S/C10H11ClN2O/c1-10(2,3)14-9-8(11)7(6-12)4-5-13-9/h4-5H,1-3H3. The molecule has 0 aliphatic heterocycles. The van der Waals surface area contributed by atoms with Crippen LogP contribution < -0.4 is 4.74 Å². The summed E-state index contributed by atoms with van der Waals surface area (Å²) >= 11 is 5.90. The van der Waals surface area contributed by atoms with E-state index in [1.807, 2.05) is 26.8 Å². The fraction of sp³-hybridized carbons (Fsp3) is 0.400. The molecule has 0 fully saturated rings. The maximum Gasteiger partial charge on any atom is 0.234 e. The third-order valence-corrected chi connectivity index (χ3v) is 1.75. The molecule has 74 valence electrons. The molecule has 1 aromatic rings. The van der Waals surface area contributed by atoms with Crippen LogP contribution in [0.3, 0.4) is 0 Å². The van der Waals surface area contributed by atoms with Gasteiger partial charge in [0.2, 0.25) is 5.88 Å². The smallest absolute Gasteiger partial charge is 0.234 e. The molecule has 4 heteroatoms. The summed E-state index contributed by atoms with van der Waals surface area (Å²) in [4.78, 5) is 3.97. The molecule has 0 N–H and O–H groups in total. The van der Waals surface area contributed by atoms with Crippen molar-refractivity contribution in [1.29, 1.82) is 5.26 Å². The van der Waals surface area contributed by atoms with Crippen molar-refractivity contribution < 1.29 is 4.74 Å². The van der Waals surface area contributed by atoms with Crippen LogP contribution in [0.2, 0.25) is 5.02 Å². The van der Waals surface area contributed by atoms with E-state index in [0.29, 0.717) is 11.4 Å². The van der Waals surface area contributed by atoms with E-state index < -0.39 is 0 Å². The number of ether oxygens (including phenoxy) is 1. The Bertz CT molecular complexity index is 377. The maximum atomic E-state index is 8.72. The molecular weight excluding hydrogens is 200 g/mol. The van der Waals surface area contributed by atoms with Crippen LogP contribution in [0.4, 0.5) is 0 Å². The van der Waals surface area contributed by atoms with Crippen LogP contribution in [-0.2, 0) is 0 Å². The van der Waals surface area contributed by atoms with Gasteiger partial charge in [0.05, 0.1) is 5.56 Å². The zero-order valence-electron chi connectivity index (χ0n) is 8.34. The van der Waals surface area contributed by atoms with Gasteiger partial charge >= 0.3 is 0 Å². The predicted octanol–water partition coefficient (Wildman–Crippen LogP) is 2.78. The molecule has 3 nitrogen and oxygen atoms in total. The highest BCUT2D eigenvalue weighted by Crippen LogP contribution is 2.27. The number of nitrogens with zero attached hydrogens (tertiary/aromatic N) is 2. The van der Waals surface area contributed by atoms with Crippen molar-refractivity contribution >= 4 is 11.6 Å². The van der Waals surface area contributed by atoms with Crippen molar-refractivity contribution in [2.24, 2.45) is 0 Å². The van der Waals surface area contributed by atoms with E-state index in [4.69, 9.17) is 21.6 Å². The van der Waals surface area contributed by atoms with Crippen molar-refractivity contribution in [2.45, 2.75) is 26.4 Å². The summed E-state index contributed by atoms with van der Waals surface area (Å²) in [6.07, 6.45) is 1.51. The summed E-state index contributed by atoms with van der Waals surface area (Å²) in [7, 11) is 0. The molecule has 0 saturated heterocycles. The second-order valence-electron chi connectivity index (χ2n) is 3.80. The number of pyridine rings is 1. The van der Waals surface area contributed by atoms with Gasteiger partial charge in [-0.15, -0.1) is 0 Å². The summed E-state index contributed by atoms with van der Waals surface area (Å²) in [6, 6.07) is 3.52. The van der Waals surface area contributed by atoms with Crippen LogP contribution in [0, 0.1) is 11.3 Å². The molecule has 1 rings (SSSR count). The lowest BCUT2D eigenvalue weighted by Gasteiger charge is -2.20. The van der Waals surface area contributed by atoms with Gasteiger partial charge in [0, 0.05) is 6.20 Å². The Morgan fingerprint density at radius 2 is 2.14 bits per heavy atom. The first kappa shape index (κ1) is 10.8. The summed E-state index contributed by atoms with van der Waals surface area (Å²) in [6.45, 7) is 5.68. The Morgan fingerprint density at radius 3 is 2.64 bits per heavy atom.